The number of benzene rings is 2. The van der Waals surface area contributed by atoms with Crippen molar-refractivity contribution in [3.8, 4) is 0 Å². The fourth-order valence-electron chi connectivity index (χ4n) is 2.19. The summed E-state index contributed by atoms with van der Waals surface area (Å²) in [6, 6.07) is 14.0. The molecule has 0 aliphatic rings. The number of nitrogens with two attached hydrogens (primary N) is 1. The highest BCUT2D eigenvalue weighted by molar-refractivity contribution is 9.10. The largest absolute Gasteiger partial charge is 0.330 e. The molecule has 2 aromatic rings. The van der Waals surface area contributed by atoms with Crippen molar-refractivity contribution >= 4 is 39.1 Å². The molecule has 0 aliphatic heterocycles. The summed E-state index contributed by atoms with van der Waals surface area (Å²) in [7, 11) is 0. The lowest BCUT2D eigenvalue weighted by Gasteiger charge is -2.16. The third-order valence-electron chi connectivity index (χ3n) is 3.29. The number of rotatable bonds is 5. The summed E-state index contributed by atoms with van der Waals surface area (Å²) in [5, 5.41) is 1.38. The van der Waals surface area contributed by atoms with Crippen molar-refractivity contribution in [3.05, 3.63) is 68.1 Å². The second-order valence-electron chi connectivity index (χ2n) is 4.87. The van der Waals surface area contributed by atoms with Crippen LogP contribution in [0.2, 0.25) is 10.0 Å². The van der Waals surface area contributed by atoms with Crippen molar-refractivity contribution in [1.29, 1.82) is 0 Å². The first-order valence-electron chi connectivity index (χ1n) is 6.47. The van der Waals surface area contributed by atoms with Crippen LogP contribution in [-0.4, -0.2) is 6.54 Å². The molecule has 1 atom stereocenters. The highest BCUT2D eigenvalue weighted by atomic mass is 79.9. The maximum Gasteiger partial charge on any atom is 0.0452 e. The first-order valence-corrected chi connectivity index (χ1v) is 8.02. The zero-order chi connectivity index (χ0) is 14.5. The predicted octanol–water partition coefficient (Wildman–Crippen LogP) is 5.12. The Morgan fingerprint density at radius 2 is 1.70 bits per heavy atom. The zero-order valence-corrected chi connectivity index (χ0v) is 14.0. The second kappa shape index (κ2) is 7.46. The van der Waals surface area contributed by atoms with Gasteiger partial charge in [0.25, 0.3) is 0 Å². The van der Waals surface area contributed by atoms with Gasteiger partial charge in [-0.3, -0.25) is 0 Å². The van der Waals surface area contributed by atoms with Crippen molar-refractivity contribution in [2.75, 3.05) is 6.54 Å². The first-order chi connectivity index (χ1) is 9.58. The number of hydrogen-bond donors (Lipinski definition) is 1. The summed E-state index contributed by atoms with van der Waals surface area (Å²) in [6.45, 7) is 0.634. The van der Waals surface area contributed by atoms with E-state index in [0.29, 0.717) is 22.5 Å². The Bertz CT molecular complexity index is 569. The maximum atomic E-state index is 6.22. The van der Waals surface area contributed by atoms with Crippen molar-refractivity contribution in [1.82, 2.24) is 0 Å². The fraction of sp³-hybridized carbons (Fsp3) is 0.250. The average Bonchev–Trinajstić information content (AvgIpc) is 2.43. The van der Waals surface area contributed by atoms with E-state index in [1.807, 2.05) is 12.1 Å². The molecule has 1 nitrogen and oxygen atoms in total. The van der Waals surface area contributed by atoms with Gasteiger partial charge in [-0.15, -0.1) is 0 Å². The Labute approximate surface area is 138 Å². The van der Waals surface area contributed by atoms with Gasteiger partial charge in [-0.2, -0.15) is 0 Å². The molecule has 0 aliphatic carbocycles. The van der Waals surface area contributed by atoms with Gasteiger partial charge in [-0.1, -0.05) is 57.3 Å². The minimum atomic E-state index is 0.370. The van der Waals surface area contributed by atoms with E-state index in [1.165, 1.54) is 5.56 Å². The van der Waals surface area contributed by atoms with Gasteiger partial charge >= 0.3 is 0 Å². The van der Waals surface area contributed by atoms with Crippen molar-refractivity contribution in [2.24, 2.45) is 11.7 Å². The summed E-state index contributed by atoms with van der Waals surface area (Å²) < 4.78 is 1.09. The average molecular weight is 373 g/mol. The van der Waals surface area contributed by atoms with Crippen LogP contribution < -0.4 is 5.73 Å². The van der Waals surface area contributed by atoms with E-state index in [9.17, 15) is 0 Å². The van der Waals surface area contributed by atoms with Crippen LogP contribution >= 0.6 is 39.1 Å². The van der Waals surface area contributed by atoms with Crippen LogP contribution in [-0.2, 0) is 12.8 Å². The molecule has 0 spiro atoms. The molecule has 2 rings (SSSR count). The van der Waals surface area contributed by atoms with Crippen molar-refractivity contribution < 1.29 is 0 Å². The molecule has 0 heterocycles. The Balaban J connectivity index is 2.07. The summed E-state index contributed by atoms with van der Waals surface area (Å²) in [4.78, 5) is 0. The van der Waals surface area contributed by atoms with E-state index in [4.69, 9.17) is 28.9 Å². The number of hydrogen-bond acceptors (Lipinski definition) is 1. The van der Waals surface area contributed by atoms with Crippen molar-refractivity contribution in [2.45, 2.75) is 12.8 Å². The summed E-state index contributed by atoms with van der Waals surface area (Å²) in [5.74, 6) is 0.370. The van der Waals surface area contributed by atoms with Gasteiger partial charge in [0.15, 0.2) is 0 Å². The normalized spacial score (nSPS) is 12.4. The number of halogens is 3. The standard InChI is InChI=1S/C16H16BrCl2N/c17-14-4-1-11(2-5-14)7-12(10-20)8-13-3-6-15(18)9-16(13)19/h1-6,9,12H,7-8,10,20H2. The Morgan fingerprint density at radius 1 is 1.00 bits per heavy atom. The van der Waals surface area contributed by atoms with Gasteiger partial charge in [0.05, 0.1) is 0 Å². The Kier molecular flexibility index (Phi) is 5.91. The molecule has 0 aromatic heterocycles. The molecule has 20 heavy (non-hydrogen) atoms. The molecular weight excluding hydrogens is 357 g/mol. The minimum absolute atomic E-state index is 0.370. The van der Waals surface area contributed by atoms with Crippen LogP contribution in [0, 0.1) is 5.92 Å². The van der Waals surface area contributed by atoms with Crippen LogP contribution in [0.1, 0.15) is 11.1 Å². The molecule has 0 saturated carbocycles. The van der Waals surface area contributed by atoms with Crippen molar-refractivity contribution in [3.63, 3.8) is 0 Å². The SMILES string of the molecule is NCC(Cc1ccc(Br)cc1)Cc1ccc(Cl)cc1Cl. The summed E-state index contributed by atoms with van der Waals surface area (Å²) >= 11 is 15.6. The van der Waals surface area contributed by atoms with E-state index in [-0.39, 0.29) is 0 Å². The topological polar surface area (TPSA) is 26.0 Å². The van der Waals surface area contributed by atoms with Crippen LogP contribution in [0.15, 0.2) is 46.9 Å². The second-order valence-corrected chi connectivity index (χ2v) is 6.63. The molecule has 106 valence electrons. The zero-order valence-electron chi connectivity index (χ0n) is 11.0. The van der Waals surface area contributed by atoms with Gasteiger partial charge < -0.3 is 5.73 Å². The molecule has 0 amide bonds. The third kappa shape index (κ3) is 4.49. The van der Waals surface area contributed by atoms with Crippen LogP contribution in [0.25, 0.3) is 0 Å². The van der Waals surface area contributed by atoms with E-state index in [0.717, 1.165) is 22.9 Å². The molecule has 0 fully saturated rings. The monoisotopic (exact) mass is 371 g/mol. The molecule has 1 unspecified atom stereocenters. The molecule has 0 saturated heterocycles. The quantitative estimate of drug-likeness (QED) is 0.774. The van der Waals surface area contributed by atoms with Gasteiger partial charge in [0.1, 0.15) is 0 Å². The predicted molar refractivity (Wildman–Crippen MR) is 90.6 cm³/mol. The van der Waals surface area contributed by atoms with Gasteiger partial charge in [-0.25, -0.2) is 0 Å². The lowest BCUT2D eigenvalue weighted by atomic mass is 9.92. The molecule has 2 aromatic carbocycles. The van der Waals surface area contributed by atoms with Crippen LogP contribution in [0.3, 0.4) is 0 Å². The lowest BCUT2D eigenvalue weighted by Crippen LogP contribution is -2.19. The Hall–Kier alpha value is -0.540. The third-order valence-corrected chi connectivity index (χ3v) is 4.41. The molecule has 2 N–H and O–H groups in total. The Morgan fingerprint density at radius 3 is 2.30 bits per heavy atom. The molecular formula is C16H16BrCl2N. The maximum absolute atomic E-state index is 6.22. The molecule has 0 bridgehead atoms. The van der Waals surface area contributed by atoms with Crippen LogP contribution in [0.5, 0.6) is 0 Å². The van der Waals surface area contributed by atoms with Gasteiger partial charge in [0, 0.05) is 14.5 Å². The molecule has 0 radical (unpaired) electrons. The van der Waals surface area contributed by atoms with Gasteiger partial charge in [0.2, 0.25) is 0 Å². The molecule has 4 heteroatoms. The van der Waals surface area contributed by atoms with E-state index in [2.05, 4.69) is 40.2 Å². The fourth-order valence-corrected chi connectivity index (χ4v) is 2.94. The van der Waals surface area contributed by atoms with E-state index in [1.54, 1.807) is 6.07 Å². The highest BCUT2D eigenvalue weighted by Gasteiger charge is 2.11. The van der Waals surface area contributed by atoms with E-state index >= 15 is 0 Å². The van der Waals surface area contributed by atoms with Gasteiger partial charge in [-0.05, 0) is 60.7 Å². The summed E-state index contributed by atoms with van der Waals surface area (Å²) in [5.41, 5.74) is 8.29. The minimum Gasteiger partial charge on any atom is -0.330 e. The summed E-state index contributed by atoms with van der Waals surface area (Å²) in [6.07, 6.45) is 1.81. The lowest BCUT2D eigenvalue weighted by molar-refractivity contribution is 0.533. The van der Waals surface area contributed by atoms with Crippen LogP contribution in [0.4, 0.5) is 0 Å². The van der Waals surface area contributed by atoms with E-state index < -0.39 is 0 Å². The highest BCUT2D eigenvalue weighted by Crippen LogP contribution is 2.24. The smallest absolute Gasteiger partial charge is 0.0452 e. The first kappa shape index (κ1) is 15.8.